The van der Waals surface area contributed by atoms with Crippen LogP contribution in [0, 0.1) is 6.92 Å². The summed E-state index contributed by atoms with van der Waals surface area (Å²) in [5, 5.41) is 6.53. The average molecular weight is 355 g/mol. The van der Waals surface area contributed by atoms with Crippen LogP contribution in [0.25, 0.3) is 0 Å². The minimum Gasteiger partial charge on any atom is -0.481 e. The number of nitrogens with one attached hydrogen (secondary N) is 2. The van der Waals surface area contributed by atoms with E-state index in [-0.39, 0.29) is 24.4 Å². The summed E-state index contributed by atoms with van der Waals surface area (Å²) in [6.07, 6.45) is 1.62. The number of amides is 1. The summed E-state index contributed by atoms with van der Waals surface area (Å²) in [5.74, 6) is 1.14. The number of benzene rings is 1. The summed E-state index contributed by atoms with van der Waals surface area (Å²) in [5.41, 5.74) is 2.28. The Labute approximate surface area is 152 Å². The maximum Gasteiger partial charge on any atom is 0.261 e. The summed E-state index contributed by atoms with van der Waals surface area (Å²) >= 11 is 0. The highest BCUT2D eigenvalue weighted by Gasteiger charge is 2.25. The van der Waals surface area contributed by atoms with E-state index >= 15 is 0 Å². The monoisotopic (exact) mass is 354 g/mol. The molecule has 1 aliphatic heterocycles. The number of halogens is 1. The van der Waals surface area contributed by atoms with Crippen molar-refractivity contribution >= 4 is 18.3 Å². The standard InChI is InChI=1S/C19H30N2O2.ClH/c1-12(2)16-9-8-13(3)11-18(16)23-15(5)19(22)21-17-7-6-10-20-14(17)4;/h8-9,11-12,14-15,17,20H,6-7,10H2,1-5H3,(H,21,22);1H. The second kappa shape index (κ2) is 9.28. The molecule has 1 aromatic rings. The summed E-state index contributed by atoms with van der Waals surface area (Å²) in [6, 6.07) is 6.69. The number of rotatable bonds is 5. The first-order chi connectivity index (χ1) is 10.9. The number of hydrogen-bond acceptors (Lipinski definition) is 3. The van der Waals surface area contributed by atoms with Crippen molar-refractivity contribution in [2.45, 2.75) is 71.6 Å². The largest absolute Gasteiger partial charge is 0.481 e. The predicted octanol–water partition coefficient (Wildman–Crippen LogP) is 3.56. The Hall–Kier alpha value is -1.26. The Morgan fingerprint density at radius 1 is 1.33 bits per heavy atom. The van der Waals surface area contributed by atoms with Gasteiger partial charge < -0.3 is 15.4 Å². The van der Waals surface area contributed by atoms with Crippen molar-refractivity contribution in [3.63, 3.8) is 0 Å². The Bertz CT molecular complexity index is 548. The van der Waals surface area contributed by atoms with Crippen molar-refractivity contribution in [2.75, 3.05) is 6.54 Å². The quantitative estimate of drug-likeness (QED) is 0.850. The smallest absolute Gasteiger partial charge is 0.261 e. The van der Waals surface area contributed by atoms with E-state index < -0.39 is 6.10 Å². The molecule has 1 aliphatic rings. The van der Waals surface area contributed by atoms with Gasteiger partial charge in [-0.1, -0.05) is 26.0 Å². The fraction of sp³-hybridized carbons (Fsp3) is 0.632. The molecule has 1 heterocycles. The van der Waals surface area contributed by atoms with Crippen LogP contribution in [0.5, 0.6) is 5.75 Å². The fourth-order valence-electron chi connectivity index (χ4n) is 3.01. The van der Waals surface area contributed by atoms with Gasteiger partial charge in [-0.3, -0.25) is 4.79 Å². The van der Waals surface area contributed by atoms with Gasteiger partial charge in [-0.05, 0) is 63.3 Å². The van der Waals surface area contributed by atoms with Crippen LogP contribution < -0.4 is 15.4 Å². The summed E-state index contributed by atoms with van der Waals surface area (Å²) < 4.78 is 5.99. The van der Waals surface area contributed by atoms with Crippen LogP contribution in [0.1, 0.15) is 57.6 Å². The molecule has 0 radical (unpaired) electrons. The molecule has 1 fully saturated rings. The van der Waals surface area contributed by atoms with Crippen LogP contribution in [0.2, 0.25) is 0 Å². The molecule has 2 N–H and O–H groups in total. The Morgan fingerprint density at radius 2 is 2.04 bits per heavy atom. The van der Waals surface area contributed by atoms with Gasteiger partial charge >= 0.3 is 0 Å². The van der Waals surface area contributed by atoms with Gasteiger partial charge in [0.15, 0.2) is 6.10 Å². The number of hydrogen-bond donors (Lipinski definition) is 2. The molecule has 0 saturated carbocycles. The lowest BCUT2D eigenvalue weighted by molar-refractivity contribution is -0.128. The molecular weight excluding hydrogens is 324 g/mol. The first-order valence-electron chi connectivity index (χ1n) is 8.69. The SMILES string of the molecule is Cc1ccc(C(C)C)c(OC(C)C(=O)NC2CCCNC2C)c1.Cl. The molecule has 136 valence electrons. The van der Waals surface area contributed by atoms with Crippen LogP contribution in [-0.4, -0.2) is 30.6 Å². The minimum absolute atomic E-state index is 0. The zero-order valence-electron chi connectivity index (χ0n) is 15.4. The highest BCUT2D eigenvalue weighted by Crippen LogP contribution is 2.28. The van der Waals surface area contributed by atoms with Crippen molar-refractivity contribution in [1.29, 1.82) is 0 Å². The van der Waals surface area contributed by atoms with Gasteiger partial charge in [0, 0.05) is 12.1 Å². The fourth-order valence-corrected chi connectivity index (χ4v) is 3.01. The van der Waals surface area contributed by atoms with E-state index in [1.54, 1.807) is 0 Å². The van der Waals surface area contributed by atoms with Crippen molar-refractivity contribution in [1.82, 2.24) is 10.6 Å². The van der Waals surface area contributed by atoms with Gasteiger partial charge in [0.1, 0.15) is 5.75 Å². The van der Waals surface area contributed by atoms with E-state index in [2.05, 4.69) is 43.5 Å². The van der Waals surface area contributed by atoms with Gasteiger partial charge in [0.05, 0.1) is 0 Å². The normalized spacial score (nSPS) is 21.8. The Balaban J connectivity index is 0.00000288. The van der Waals surface area contributed by atoms with Crippen LogP contribution in [-0.2, 0) is 4.79 Å². The molecule has 3 atom stereocenters. The lowest BCUT2D eigenvalue weighted by Crippen LogP contribution is -2.54. The molecule has 1 saturated heterocycles. The lowest BCUT2D eigenvalue weighted by Gasteiger charge is -2.31. The van der Waals surface area contributed by atoms with E-state index in [9.17, 15) is 4.79 Å². The Kier molecular flexibility index (Phi) is 8.04. The molecular formula is C19H31ClN2O2. The summed E-state index contributed by atoms with van der Waals surface area (Å²) in [7, 11) is 0. The maximum absolute atomic E-state index is 12.5. The van der Waals surface area contributed by atoms with Crippen molar-refractivity contribution in [3.8, 4) is 5.75 Å². The number of carbonyl (C=O) groups is 1. The molecule has 4 nitrogen and oxygen atoms in total. The lowest BCUT2D eigenvalue weighted by atomic mass is 9.99. The van der Waals surface area contributed by atoms with Crippen molar-refractivity contribution in [3.05, 3.63) is 29.3 Å². The second-order valence-corrected chi connectivity index (χ2v) is 6.96. The van der Waals surface area contributed by atoms with E-state index in [1.165, 1.54) is 0 Å². The maximum atomic E-state index is 12.5. The molecule has 1 aromatic carbocycles. The zero-order chi connectivity index (χ0) is 17.0. The second-order valence-electron chi connectivity index (χ2n) is 6.96. The Morgan fingerprint density at radius 3 is 2.67 bits per heavy atom. The van der Waals surface area contributed by atoms with E-state index in [0.29, 0.717) is 12.0 Å². The molecule has 3 unspecified atom stereocenters. The van der Waals surface area contributed by atoms with Crippen LogP contribution in [0.3, 0.4) is 0 Å². The number of ether oxygens (including phenoxy) is 1. The third-order valence-corrected chi connectivity index (χ3v) is 4.55. The van der Waals surface area contributed by atoms with Crippen molar-refractivity contribution in [2.24, 2.45) is 0 Å². The first-order valence-corrected chi connectivity index (χ1v) is 8.69. The van der Waals surface area contributed by atoms with Gasteiger partial charge in [-0.25, -0.2) is 0 Å². The van der Waals surface area contributed by atoms with E-state index in [0.717, 1.165) is 36.3 Å². The van der Waals surface area contributed by atoms with E-state index in [4.69, 9.17) is 4.74 Å². The highest BCUT2D eigenvalue weighted by atomic mass is 35.5. The first kappa shape index (κ1) is 20.8. The predicted molar refractivity (Wildman–Crippen MR) is 101 cm³/mol. The van der Waals surface area contributed by atoms with Gasteiger partial charge in [0.25, 0.3) is 5.91 Å². The molecule has 1 amide bonds. The average Bonchev–Trinajstić information content (AvgIpc) is 2.49. The van der Waals surface area contributed by atoms with Crippen LogP contribution >= 0.6 is 12.4 Å². The van der Waals surface area contributed by atoms with E-state index in [1.807, 2.05) is 19.9 Å². The van der Waals surface area contributed by atoms with Gasteiger partial charge in [-0.15, -0.1) is 12.4 Å². The van der Waals surface area contributed by atoms with Gasteiger partial charge in [0.2, 0.25) is 0 Å². The molecule has 2 rings (SSSR count). The minimum atomic E-state index is -0.497. The van der Waals surface area contributed by atoms with Crippen LogP contribution in [0.4, 0.5) is 0 Å². The number of carbonyl (C=O) groups excluding carboxylic acids is 1. The topological polar surface area (TPSA) is 50.4 Å². The molecule has 0 spiro atoms. The zero-order valence-corrected chi connectivity index (χ0v) is 16.2. The third kappa shape index (κ3) is 5.38. The van der Waals surface area contributed by atoms with Crippen molar-refractivity contribution < 1.29 is 9.53 Å². The summed E-state index contributed by atoms with van der Waals surface area (Å²) in [6.45, 7) is 11.3. The third-order valence-electron chi connectivity index (χ3n) is 4.55. The molecule has 5 heteroatoms. The molecule has 0 aliphatic carbocycles. The number of aryl methyl sites for hydroxylation is 1. The summed E-state index contributed by atoms with van der Waals surface area (Å²) in [4.78, 5) is 12.5. The molecule has 0 aromatic heterocycles. The molecule has 0 bridgehead atoms. The highest BCUT2D eigenvalue weighted by molar-refractivity contribution is 5.85. The molecule has 24 heavy (non-hydrogen) atoms. The number of piperidine rings is 1. The van der Waals surface area contributed by atoms with Gasteiger partial charge in [-0.2, -0.15) is 0 Å². The van der Waals surface area contributed by atoms with Crippen LogP contribution in [0.15, 0.2) is 18.2 Å².